The van der Waals surface area contributed by atoms with E-state index in [4.69, 9.17) is 0 Å². The van der Waals surface area contributed by atoms with E-state index in [-0.39, 0.29) is 11.7 Å². The van der Waals surface area contributed by atoms with Crippen LogP contribution in [0.4, 0.5) is 10.1 Å². The Labute approximate surface area is 155 Å². The molecule has 0 aliphatic carbocycles. The lowest BCUT2D eigenvalue weighted by Crippen LogP contribution is -2.12. The van der Waals surface area contributed by atoms with E-state index in [1.165, 1.54) is 6.07 Å². The van der Waals surface area contributed by atoms with Gasteiger partial charge >= 0.3 is 0 Å². The first-order chi connectivity index (χ1) is 13.1. The van der Waals surface area contributed by atoms with Crippen molar-refractivity contribution in [3.8, 4) is 0 Å². The predicted octanol–water partition coefficient (Wildman–Crippen LogP) is 4.18. The summed E-state index contributed by atoms with van der Waals surface area (Å²) in [5, 5.41) is 11.0. The lowest BCUT2D eigenvalue weighted by Gasteiger charge is -2.08. The summed E-state index contributed by atoms with van der Waals surface area (Å²) in [5.74, 6) is -0.626. The predicted molar refractivity (Wildman–Crippen MR) is 102 cm³/mol. The number of hydrogen-bond acceptors (Lipinski definition) is 3. The molecule has 5 nitrogen and oxygen atoms in total. The molecule has 0 fully saturated rings. The Morgan fingerprint density at radius 1 is 1.07 bits per heavy atom. The highest BCUT2D eigenvalue weighted by Gasteiger charge is 2.09. The Kier molecular flexibility index (Phi) is 4.38. The van der Waals surface area contributed by atoms with Crippen molar-refractivity contribution in [1.82, 2.24) is 15.0 Å². The zero-order chi connectivity index (χ0) is 18.8. The number of nitrogens with one attached hydrogen (secondary N) is 1. The fourth-order valence-corrected chi connectivity index (χ4v) is 2.84. The second-order valence-corrected chi connectivity index (χ2v) is 6.35. The summed E-state index contributed by atoms with van der Waals surface area (Å²) in [4.78, 5) is 12.4. The first-order valence-electron chi connectivity index (χ1n) is 8.55. The van der Waals surface area contributed by atoms with E-state index in [1.807, 2.05) is 41.1 Å². The van der Waals surface area contributed by atoms with Gasteiger partial charge in [-0.05, 0) is 54.4 Å². The van der Waals surface area contributed by atoms with Crippen LogP contribution in [0.25, 0.3) is 11.0 Å². The maximum Gasteiger partial charge on any atom is 0.255 e. The Morgan fingerprint density at radius 2 is 1.85 bits per heavy atom. The SMILES string of the molecule is Cc1ccc(NC(=O)c2ccc(Cn3nnc4ccccc43)cc2)cc1F. The first-order valence-corrected chi connectivity index (χ1v) is 8.55. The number of fused-ring (bicyclic) bond motifs is 1. The maximum absolute atomic E-state index is 13.6. The zero-order valence-electron chi connectivity index (χ0n) is 14.7. The molecule has 6 heteroatoms. The molecule has 4 aromatic rings. The Bertz CT molecular complexity index is 1120. The molecule has 27 heavy (non-hydrogen) atoms. The minimum absolute atomic E-state index is 0.281. The quantitative estimate of drug-likeness (QED) is 0.594. The van der Waals surface area contributed by atoms with Crippen LogP contribution in [0.5, 0.6) is 0 Å². The number of aromatic nitrogens is 3. The van der Waals surface area contributed by atoms with Crippen molar-refractivity contribution in [1.29, 1.82) is 0 Å². The van der Waals surface area contributed by atoms with Gasteiger partial charge in [-0.1, -0.05) is 35.5 Å². The summed E-state index contributed by atoms with van der Waals surface area (Å²) in [6.07, 6.45) is 0. The number of rotatable bonds is 4. The van der Waals surface area contributed by atoms with Crippen LogP contribution in [0.15, 0.2) is 66.7 Å². The van der Waals surface area contributed by atoms with Crippen LogP contribution in [0, 0.1) is 12.7 Å². The number of hydrogen-bond donors (Lipinski definition) is 1. The molecule has 0 spiro atoms. The van der Waals surface area contributed by atoms with Crippen LogP contribution in [-0.4, -0.2) is 20.9 Å². The molecule has 0 aliphatic heterocycles. The van der Waals surface area contributed by atoms with Gasteiger partial charge in [0, 0.05) is 11.3 Å². The Morgan fingerprint density at radius 3 is 2.63 bits per heavy atom. The maximum atomic E-state index is 13.6. The molecule has 1 N–H and O–H groups in total. The van der Waals surface area contributed by atoms with Crippen molar-refractivity contribution >= 4 is 22.6 Å². The number of para-hydroxylation sites is 1. The number of anilines is 1. The molecule has 0 saturated carbocycles. The number of amides is 1. The molecule has 1 heterocycles. The summed E-state index contributed by atoms with van der Waals surface area (Å²) >= 11 is 0. The third-order valence-corrected chi connectivity index (χ3v) is 4.40. The van der Waals surface area contributed by atoms with Crippen molar-refractivity contribution in [2.24, 2.45) is 0 Å². The molecule has 1 amide bonds. The zero-order valence-corrected chi connectivity index (χ0v) is 14.7. The fourth-order valence-electron chi connectivity index (χ4n) is 2.84. The van der Waals surface area contributed by atoms with Gasteiger partial charge in [-0.3, -0.25) is 4.79 Å². The number of carbonyl (C=O) groups excluding carboxylic acids is 1. The average Bonchev–Trinajstić information content (AvgIpc) is 3.08. The topological polar surface area (TPSA) is 59.8 Å². The van der Waals surface area contributed by atoms with Gasteiger partial charge < -0.3 is 5.32 Å². The van der Waals surface area contributed by atoms with Gasteiger partial charge in [-0.25, -0.2) is 9.07 Å². The van der Waals surface area contributed by atoms with Crippen LogP contribution >= 0.6 is 0 Å². The number of nitrogens with zero attached hydrogens (tertiary/aromatic N) is 3. The minimum atomic E-state index is -0.344. The number of halogens is 1. The monoisotopic (exact) mass is 360 g/mol. The van der Waals surface area contributed by atoms with E-state index in [2.05, 4.69) is 15.6 Å². The Hall–Kier alpha value is -3.54. The second kappa shape index (κ2) is 6.99. The van der Waals surface area contributed by atoms with Crippen molar-refractivity contribution in [3.63, 3.8) is 0 Å². The third kappa shape index (κ3) is 3.55. The van der Waals surface area contributed by atoms with Crippen molar-refractivity contribution in [2.45, 2.75) is 13.5 Å². The molecule has 0 atom stereocenters. The highest BCUT2D eigenvalue weighted by molar-refractivity contribution is 6.04. The van der Waals surface area contributed by atoms with Gasteiger partial charge in [-0.2, -0.15) is 0 Å². The van der Waals surface area contributed by atoms with E-state index in [9.17, 15) is 9.18 Å². The lowest BCUT2D eigenvalue weighted by molar-refractivity contribution is 0.102. The summed E-state index contributed by atoms with van der Waals surface area (Å²) in [7, 11) is 0. The molecular weight excluding hydrogens is 343 g/mol. The van der Waals surface area contributed by atoms with Crippen LogP contribution in [-0.2, 0) is 6.54 Å². The molecule has 0 unspecified atom stereocenters. The van der Waals surface area contributed by atoms with Crippen LogP contribution in [0.3, 0.4) is 0 Å². The summed E-state index contributed by atoms with van der Waals surface area (Å²) in [6.45, 7) is 2.24. The number of carbonyl (C=O) groups is 1. The summed E-state index contributed by atoms with van der Waals surface area (Å²) < 4.78 is 15.4. The molecular formula is C21H17FN4O. The lowest BCUT2D eigenvalue weighted by atomic mass is 10.1. The third-order valence-electron chi connectivity index (χ3n) is 4.40. The van der Waals surface area contributed by atoms with E-state index >= 15 is 0 Å². The van der Waals surface area contributed by atoms with Crippen molar-refractivity contribution in [2.75, 3.05) is 5.32 Å². The minimum Gasteiger partial charge on any atom is -0.322 e. The van der Waals surface area contributed by atoms with Gasteiger partial charge in [0.15, 0.2) is 0 Å². The number of benzene rings is 3. The average molecular weight is 360 g/mol. The molecule has 0 bridgehead atoms. The smallest absolute Gasteiger partial charge is 0.255 e. The highest BCUT2D eigenvalue weighted by Crippen LogP contribution is 2.16. The molecule has 4 rings (SSSR count). The van der Waals surface area contributed by atoms with Crippen LogP contribution in [0.2, 0.25) is 0 Å². The molecule has 0 aliphatic rings. The summed E-state index contributed by atoms with van der Waals surface area (Å²) in [6, 6.07) is 19.6. The van der Waals surface area contributed by atoms with Gasteiger partial charge in [0.25, 0.3) is 5.91 Å². The molecule has 0 saturated heterocycles. The van der Waals surface area contributed by atoms with E-state index < -0.39 is 0 Å². The first kappa shape index (κ1) is 16.9. The highest BCUT2D eigenvalue weighted by atomic mass is 19.1. The van der Waals surface area contributed by atoms with Gasteiger partial charge in [0.05, 0.1) is 12.1 Å². The normalized spacial score (nSPS) is 10.9. The van der Waals surface area contributed by atoms with Gasteiger partial charge in [0.1, 0.15) is 11.3 Å². The standard InChI is InChI=1S/C21H17FN4O/c1-14-6-11-17(12-18(14)22)23-21(27)16-9-7-15(8-10-16)13-26-20-5-3-2-4-19(20)24-25-26/h2-12H,13H2,1H3,(H,23,27). The fraction of sp³-hybridized carbons (Fsp3) is 0.0952. The van der Waals surface area contributed by atoms with Gasteiger partial charge in [0.2, 0.25) is 0 Å². The van der Waals surface area contributed by atoms with Crippen molar-refractivity contribution in [3.05, 3.63) is 89.2 Å². The van der Waals surface area contributed by atoms with E-state index in [1.54, 1.807) is 31.2 Å². The molecule has 0 radical (unpaired) electrons. The van der Waals surface area contributed by atoms with Crippen LogP contribution < -0.4 is 5.32 Å². The molecule has 3 aromatic carbocycles. The largest absolute Gasteiger partial charge is 0.322 e. The molecule has 1 aromatic heterocycles. The van der Waals surface area contributed by atoms with E-state index in [0.717, 1.165) is 16.6 Å². The van der Waals surface area contributed by atoms with Gasteiger partial charge in [-0.15, -0.1) is 5.10 Å². The van der Waals surface area contributed by atoms with Crippen molar-refractivity contribution < 1.29 is 9.18 Å². The Balaban J connectivity index is 1.48. The second-order valence-electron chi connectivity index (χ2n) is 6.35. The summed E-state index contributed by atoms with van der Waals surface area (Å²) in [5.41, 5.74) is 4.28. The van der Waals surface area contributed by atoms with E-state index in [0.29, 0.717) is 23.4 Å². The number of aryl methyl sites for hydroxylation is 1. The van der Waals surface area contributed by atoms with Crippen LogP contribution in [0.1, 0.15) is 21.5 Å². The molecule has 134 valence electrons.